The third-order valence-electron chi connectivity index (χ3n) is 5.87. The van der Waals surface area contributed by atoms with Crippen LogP contribution in [0.25, 0.3) is 5.76 Å². The van der Waals surface area contributed by atoms with Gasteiger partial charge >= 0.3 is 0 Å². The number of aliphatic hydroxyl groups excluding tert-OH is 1. The van der Waals surface area contributed by atoms with Crippen molar-refractivity contribution in [2.24, 2.45) is 0 Å². The van der Waals surface area contributed by atoms with Crippen LogP contribution in [0.2, 0.25) is 0 Å². The number of aliphatic hydroxyl groups is 1. The summed E-state index contributed by atoms with van der Waals surface area (Å²) in [5, 5.41) is 11.4. The van der Waals surface area contributed by atoms with Crippen LogP contribution >= 0.6 is 0 Å². The minimum atomic E-state index is -0.817. The third-order valence-corrected chi connectivity index (χ3v) is 5.87. The Kier molecular flexibility index (Phi) is 6.27. The summed E-state index contributed by atoms with van der Waals surface area (Å²) in [6.07, 6.45) is 0. The van der Waals surface area contributed by atoms with E-state index < -0.39 is 17.7 Å². The molecule has 1 heterocycles. The maximum Gasteiger partial charge on any atom is 0.300 e. The van der Waals surface area contributed by atoms with Crippen molar-refractivity contribution in [2.45, 2.75) is 6.04 Å². The molecule has 0 saturated carbocycles. The second kappa shape index (κ2) is 9.31. The molecule has 3 aromatic carbocycles. The van der Waals surface area contributed by atoms with Gasteiger partial charge in [-0.1, -0.05) is 30.3 Å². The summed E-state index contributed by atoms with van der Waals surface area (Å²) in [4.78, 5) is 30.0. The Hall–Kier alpha value is -4.26. The molecule has 0 aromatic heterocycles. The first-order valence-electron chi connectivity index (χ1n) is 10.7. The van der Waals surface area contributed by atoms with Crippen LogP contribution in [-0.2, 0) is 9.59 Å². The number of hydrogen-bond acceptors (Lipinski definition) is 6. The van der Waals surface area contributed by atoms with Crippen molar-refractivity contribution in [3.8, 4) is 11.5 Å². The van der Waals surface area contributed by atoms with Crippen LogP contribution < -0.4 is 19.3 Å². The Bertz CT molecular complexity index is 1250. The molecule has 1 atom stereocenters. The van der Waals surface area contributed by atoms with Gasteiger partial charge in [-0.2, -0.15) is 0 Å². The summed E-state index contributed by atoms with van der Waals surface area (Å²) in [7, 11) is 6.82. The third kappa shape index (κ3) is 3.96. The van der Waals surface area contributed by atoms with E-state index in [-0.39, 0.29) is 16.9 Å². The molecule has 0 radical (unpaired) electrons. The Balaban J connectivity index is 1.94. The fourth-order valence-corrected chi connectivity index (χ4v) is 4.11. The van der Waals surface area contributed by atoms with E-state index in [1.807, 2.05) is 61.5 Å². The van der Waals surface area contributed by atoms with E-state index in [0.717, 1.165) is 5.69 Å². The van der Waals surface area contributed by atoms with Crippen LogP contribution in [0.5, 0.6) is 11.5 Å². The van der Waals surface area contributed by atoms with Crippen molar-refractivity contribution in [1.29, 1.82) is 0 Å². The Morgan fingerprint density at radius 2 is 1.59 bits per heavy atom. The number of rotatable bonds is 6. The van der Waals surface area contributed by atoms with Gasteiger partial charge in [-0.15, -0.1) is 0 Å². The van der Waals surface area contributed by atoms with Crippen LogP contribution in [0.4, 0.5) is 11.4 Å². The van der Waals surface area contributed by atoms with Crippen LogP contribution in [0.15, 0.2) is 78.4 Å². The molecule has 1 unspecified atom stereocenters. The quantitative estimate of drug-likeness (QED) is 0.335. The maximum absolute atomic E-state index is 13.3. The molecule has 1 aliphatic heterocycles. The molecule has 0 aliphatic carbocycles. The summed E-state index contributed by atoms with van der Waals surface area (Å²) < 4.78 is 10.7. The van der Waals surface area contributed by atoms with Crippen LogP contribution in [0.1, 0.15) is 17.2 Å². The molecule has 1 saturated heterocycles. The molecule has 1 aliphatic rings. The molecular formula is C27H26N2O5. The van der Waals surface area contributed by atoms with Crippen molar-refractivity contribution < 1.29 is 24.2 Å². The zero-order chi connectivity index (χ0) is 24.4. The normalized spacial score (nSPS) is 17.1. The average Bonchev–Trinajstić information content (AvgIpc) is 3.14. The number of Topliss-reactive ketones (excluding diaryl/α,β-unsaturated/α-hetero) is 1. The molecule has 174 valence electrons. The molecule has 3 aromatic rings. The van der Waals surface area contributed by atoms with Gasteiger partial charge in [0.15, 0.2) is 0 Å². The zero-order valence-corrected chi connectivity index (χ0v) is 19.5. The molecule has 1 amide bonds. The predicted molar refractivity (Wildman–Crippen MR) is 132 cm³/mol. The van der Waals surface area contributed by atoms with Gasteiger partial charge in [0.2, 0.25) is 0 Å². The lowest BCUT2D eigenvalue weighted by Gasteiger charge is -2.26. The zero-order valence-electron chi connectivity index (χ0n) is 19.5. The molecule has 0 spiro atoms. The highest BCUT2D eigenvalue weighted by molar-refractivity contribution is 6.51. The van der Waals surface area contributed by atoms with E-state index in [1.54, 1.807) is 30.3 Å². The number of methoxy groups -OCH3 is 2. The van der Waals surface area contributed by atoms with Crippen molar-refractivity contribution in [2.75, 3.05) is 38.1 Å². The van der Waals surface area contributed by atoms with Gasteiger partial charge in [-0.25, -0.2) is 0 Å². The van der Waals surface area contributed by atoms with E-state index in [2.05, 4.69) is 0 Å². The van der Waals surface area contributed by atoms with Crippen LogP contribution in [0, 0.1) is 0 Å². The van der Waals surface area contributed by atoms with Gasteiger partial charge in [0, 0.05) is 25.5 Å². The molecular weight excluding hydrogens is 432 g/mol. The van der Waals surface area contributed by atoms with Gasteiger partial charge in [0.05, 0.1) is 31.4 Å². The second-order valence-electron chi connectivity index (χ2n) is 8.06. The van der Waals surface area contributed by atoms with Crippen LogP contribution in [0.3, 0.4) is 0 Å². The van der Waals surface area contributed by atoms with E-state index in [0.29, 0.717) is 22.7 Å². The molecule has 4 rings (SSSR count). The molecule has 1 N–H and O–H groups in total. The van der Waals surface area contributed by atoms with Crippen molar-refractivity contribution in [1.82, 2.24) is 0 Å². The minimum Gasteiger partial charge on any atom is -0.507 e. The monoisotopic (exact) mass is 458 g/mol. The first-order chi connectivity index (χ1) is 16.4. The highest BCUT2D eigenvalue weighted by Gasteiger charge is 2.47. The fourth-order valence-electron chi connectivity index (χ4n) is 4.11. The first-order valence-corrected chi connectivity index (χ1v) is 10.7. The summed E-state index contributed by atoms with van der Waals surface area (Å²) in [5.41, 5.74) is 2.46. The number of ether oxygens (including phenoxy) is 2. The van der Waals surface area contributed by atoms with Crippen molar-refractivity contribution >= 4 is 28.8 Å². The van der Waals surface area contributed by atoms with E-state index >= 15 is 0 Å². The Morgan fingerprint density at radius 3 is 2.18 bits per heavy atom. The number of hydrogen-bond donors (Lipinski definition) is 1. The number of amides is 1. The van der Waals surface area contributed by atoms with Crippen LogP contribution in [-0.4, -0.2) is 45.1 Å². The maximum atomic E-state index is 13.3. The number of anilines is 2. The highest BCUT2D eigenvalue weighted by Crippen LogP contribution is 2.43. The molecule has 0 bridgehead atoms. The smallest absolute Gasteiger partial charge is 0.300 e. The summed E-state index contributed by atoms with van der Waals surface area (Å²) in [5.74, 6) is -0.975. The standard InChI is InChI=1S/C27H26N2O5/c1-28(2)18-10-12-19(13-11-18)29-24(17-8-6-5-7-9-17)23(26(31)27(29)32)25(30)21-16-20(33-3)14-15-22(21)34-4/h5-16,24,30H,1-4H3/b25-23+. The first kappa shape index (κ1) is 22.9. The molecule has 7 heteroatoms. The Morgan fingerprint density at radius 1 is 0.912 bits per heavy atom. The lowest BCUT2D eigenvalue weighted by molar-refractivity contribution is -0.132. The van der Waals surface area contributed by atoms with Gasteiger partial charge in [0.1, 0.15) is 17.3 Å². The predicted octanol–water partition coefficient (Wildman–Crippen LogP) is 4.40. The van der Waals surface area contributed by atoms with Gasteiger partial charge < -0.3 is 19.5 Å². The van der Waals surface area contributed by atoms with Gasteiger partial charge in [0.25, 0.3) is 11.7 Å². The molecule has 34 heavy (non-hydrogen) atoms. The van der Waals surface area contributed by atoms with E-state index in [1.165, 1.54) is 19.1 Å². The number of ketones is 1. The largest absolute Gasteiger partial charge is 0.507 e. The Labute approximate surface area is 198 Å². The minimum absolute atomic E-state index is 0.0144. The van der Waals surface area contributed by atoms with Crippen molar-refractivity contribution in [3.05, 3.63) is 89.5 Å². The number of carbonyl (C=O) groups excluding carboxylic acids is 2. The fraction of sp³-hybridized carbons (Fsp3) is 0.185. The topological polar surface area (TPSA) is 79.3 Å². The lowest BCUT2D eigenvalue weighted by atomic mass is 9.94. The van der Waals surface area contributed by atoms with E-state index in [4.69, 9.17) is 9.47 Å². The summed E-state index contributed by atoms with van der Waals surface area (Å²) >= 11 is 0. The summed E-state index contributed by atoms with van der Waals surface area (Å²) in [6, 6.07) is 20.6. The number of carbonyl (C=O) groups is 2. The number of benzene rings is 3. The lowest BCUT2D eigenvalue weighted by Crippen LogP contribution is -2.29. The highest BCUT2D eigenvalue weighted by atomic mass is 16.5. The molecule has 7 nitrogen and oxygen atoms in total. The number of nitrogens with zero attached hydrogens (tertiary/aromatic N) is 2. The SMILES string of the molecule is COc1ccc(OC)c(/C(O)=C2\C(=O)C(=O)N(c3ccc(N(C)C)cc3)C2c2ccccc2)c1. The van der Waals surface area contributed by atoms with Crippen molar-refractivity contribution in [3.63, 3.8) is 0 Å². The van der Waals surface area contributed by atoms with E-state index in [9.17, 15) is 14.7 Å². The summed E-state index contributed by atoms with van der Waals surface area (Å²) in [6.45, 7) is 0. The molecule has 1 fully saturated rings. The van der Waals surface area contributed by atoms with Gasteiger partial charge in [-0.05, 0) is 48.0 Å². The van der Waals surface area contributed by atoms with Gasteiger partial charge in [-0.3, -0.25) is 14.5 Å². The second-order valence-corrected chi connectivity index (χ2v) is 8.06. The average molecular weight is 459 g/mol.